The number of nitrogens with one attached hydrogen (secondary N) is 1. The van der Waals surface area contributed by atoms with Crippen LogP contribution in [0.25, 0.3) is 0 Å². The summed E-state index contributed by atoms with van der Waals surface area (Å²) >= 11 is 5.92. The molecular formula is C13H21ClN2O2. The fourth-order valence-electron chi connectivity index (χ4n) is 1.58. The molecule has 1 heterocycles. The van der Waals surface area contributed by atoms with Crippen LogP contribution in [-0.2, 0) is 0 Å². The lowest BCUT2D eigenvalue weighted by atomic mass is 10.1. The summed E-state index contributed by atoms with van der Waals surface area (Å²) in [7, 11) is 0. The molecule has 5 heteroatoms. The summed E-state index contributed by atoms with van der Waals surface area (Å²) in [6.45, 7) is 8.03. The van der Waals surface area contributed by atoms with Crippen molar-refractivity contribution >= 4 is 17.5 Å². The summed E-state index contributed by atoms with van der Waals surface area (Å²) in [6, 6.07) is 1.80. The number of nitrogens with zero attached hydrogens (tertiary/aromatic N) is 1. The van der Waals surface area contributed by atoms with E-state index in [0.29, 0.717) is 10.7 Å². The summed E-state index contributed by atoms with van der Waals surface area (Å²) in [6.07, 6.45) is 1.20. The average molecular weight is 273 g/mol. The van der Waals surface area contributed by atoms with Gasteiger partial charge in [-0.25, -0.2) is 0 Å². The zero-order valence-electron chi connectivity index (χ0n) is 11.3. The maximum absolute atomic E-state index is 12.0. The minimum atomic E-state index is -0.535. The fraction of sp³-hybridized carbons (Fsp3) is 0.615. The van der Waals surface area contributed by atoms with Crippen LogP contribution in [0.2, 0.25) is 5.02 Å². The lowest BCUT2D eigenvalue weighted by Crippen LogP contribution is -2.35. The second-order valence-electron chi connectivity index (χ2n) is 5.07. The van der Waals surface area contributed by atoms with Crippen molar-refractivity contribution in [3.63, 3.8) is 0 Å². The summed E-state index contributed by atoms with van der Waals surface area (Å²) in [5.41, 5.74) is 0.519. The Kier molecular flexibility index (Phi) is 5.23. The molecule has 2 N–H and O–H groups in total. The number of halogens is 1. The van der Waals surface area contributed by atoms with E-state index in [4.69, 9.17) is 11.6 Å². The number of carbonyl (C=O) groups is 1. The van der Waals surface area contributed by atoms with Crippen molar-refractivity contribution in [1.82, 2.24) is 9.88 Å². The van der Waals surface area contributed by atoms with Crippen LogP contribution in [0.4, 0.5) is 0 Å². The van der Waals surface area contributed by atoms with Gasteiger partial charge in [-0.05, 0) is 25.8 Å². The Morgan fingerprint density at radius 2 is 2.06 bits per heavy atom. The Bertz CT molecular complexity index is 413. The normalized spacial score (nSPS) is 13.1. The van der Waals surface area contributed by atoms with E-state index < -0.39 is 6.10 Å². The summed E-state index contributed by atoms with van der Waals surface area (Å²) in [5, 5.41) is 12.9. The minimum absolute atomic E-state index is 0.116. The van der Waals surface area contributed by atoms with Crippen LogP contribution in [0.3, 0.4) is 0 Å². The number of aromatic nitrogens is 1. The quantitative estimate of drug-likeness (QED) is 0.865. The molecule has 18 heavy (non-hydrogen) atoms. The number of rotatable bonds is 5. The van der Waals surface area contributed by atoms with Crippen LogP contribution < -0.4 is 5.32 Å². The summed E-state index contributed by atoms with van der Waals surface area (Å²) in [4.78, 5) is 12.0. The molecule has 0 aromatic carbocycles. The van der Waals surface area contributed by atoms with E-state index in [-0.39, 0.29) is 24.4 Å². The van der Waals surface area contributed by atoms with E-state index in [0.717, 1.165) is 0 Å². The van der Waals surface area contributed by atoms with Crippen LogP contribution in [0.1, 0.15) is 44.2 Å². The van der Waals surface area contributed by atoms with Gasteiger partial charge in [-0.2, -0.15) is 0 Å². The highest BCUT2D eigenvalue weighted by Crippen LogP contribution is 2.18. The lowest BCUT2D eigenvalue weighted by molar-refractivity contribution is 0.0862. The molecule has 102 valence electrons. The largest absolute Gasteiger partial charge is 0.391 e. The number of aliphatic hydroxyl groups is 1. The molecule has 0 saturated heterocycles. The van der Waals surface area contributed by atoms with Gasteiger partial charge in [0.15, 0.2) is 0 Å². The van der Waals surface area contributed by atoms with Gasteiger partial charge in [0.2, 0.25) is 0 Å². The number of hydrogen-bond donors (Lipinski definition) is 2. The second kappa shape index (κ2) is 6.25. The Morgan fingerprint density at radius 1 is 1.44 bits per heavy atom. The third kappa shape index (κ3) is 3.75. The van der Waals surface area contributed by atoms with E-state index >= 15 is 0 Å². The van der Waals surface area contributed by atoms with Crippen LogP contribution >= 0.6 is 11.6 Å². The first kappa shape index (κ1) is 15.1. The molecule has 1 amide bonds. The van der Waals surface area contributed by atoms with E-state index in [1.54, 1.807) is 12.3 Å². The van der Waals surface area contributed by atoms with Crippen LogP contribution in [0.5, 0.6) is 0 Å². The highest BCUT2D eigenvalue weighted by molar-refractivity contribution is 6.31. The summed E-state index contributed by atoms with van der Waals surface area (Å²) in [5.74, 6) is -0.0962. The Morgan fingerprint density at radius 3 is 2.56 bits per heavy atom. The molecule has 0 saturated carbocycles. The van der Waals surface area contributed by atoms with Gasteiger partial charge in [0.1, 0.15) is 5.69 Å². The third-order valence-electron chi connectivity index (χ3n) is 2.85. The van der Waals surface area contributed by atoms with Crippen molar-refractivity contribution in [2.45, 2.75) is 39.8 Å². The van der Waals surface area contributed by atoms with Crippen LogP contribution in [-0.4, -0.2) is 28.2 Å². The van der Waals surface area contributed by atoms with Crippen LogP contribution in [0, 0.1) is 5.92 Å². The highest BCUT2D eigenvalue weighted by atomic mass is 35.5. The predicted molar refractivity (Wildman–Crippen MR) is 73.0 cm³/mol. The zero-order chi connectivity index (χ0) is 13.9. The first-order chi connectivity index (χ1) is 8.32. The third-order valence-corrected chi connectivity index (χ3v) is 3.05. The number of amides is 1. The molecule has 1 unspecified atom stereocenters. The SMILES string of the molecule is CC(C)C(O)CNC(=O)c1cc(Cl)cn1C(C)C. The lowest BCUT2D eigenvalue weighted by Gasteiger charge is -2.16. The van der Waals surface area contributed by atoms with Crippen LogP contribution in [0.15, 0.2) is 12.3 Å². The topological polar surface area (TPSA) is 54.3 Å². The molecule has 1 aromatic heterocycles. The van der Waals surface area contributed by atoms with Crippen molar-refractivity contribution < 1.29 is 9.90 Å². The number of carbonyl (C=O) groups excluding carboxylic acids is 1. The molecule has 1 atom stereocenters. The fourth-order valence-corrected chi connectivity index (χ4v) is 1.79. The van der Waals surface area contributed by atoms with Gasteiger partial charge >= 0.3 is 0 Å². The van der Waals surface area contributed by atoms with Crippen molar-refractivity contribution in [2.24, 2.45) is 5.92 Å². The van der Waals surface area contributed by atoms with Gasteiger partial charge in [0.25, 0.3) is 5.91 Å². The number of hydrogen-bond acceptors (Lipinski definition) is 2. The molecule has 1 aromatic rings. The molecule has 0 aliphatic heterocycles. The van der Waals surface area contributed by atoms with Crippen molar-refractivity contribution in [1.29, 1.82) is 0 Å². The van der Waals surface area contributed by atoms with Gasteiger partial charge in [-0.15, -0.1) is 0 Å². The van der Waals surface area contributed by atoms with Crippen molar-refractivity contribution in [2.75, 3.05) is 6.54 Å². The molecule has 0 aliphatic rings. The van der Waals surface area contributed by atoms with E-state index in [9.17, 15) is 9.90 Å². The zero-order valence-corrected chi connectivity index (χ0v) is 12.0. The first-order valence-corrected chi connectivity index (χ1v) is 6.54. The summed E-state index contributed by atoms with van der Waals surface area (Å²) < 4.78 is 1.82. The molecular weight excluding hydrogens is 252 g/mol. The van der Waals surface area contributed by atoms with Gasteiger partial charge in [-0.1, -0.05) is 25.4 Å². The Balaban J connectivity index is 2.72. The highest BCUT2D eigenvalue weighted by Gasteiger charge is 2.17. The molecule has 0 aliphatic carbocycles. The Hall–Kier alpha value is -1.00. The van der Waals surface area contributed by atoms with E-state index in [2.05, 4.69) is 5.32 Å². The van der Waals surface area contributed by atoms with Gasteiger partial charge < -0.3 is 15.0 Å². The van der Waals surface area contributed by atoms with Crippen molar-refractivity contribution in [3.05, 3.63) is 23.0 Å². The Labute approximate surface area is 113 Å². The molecule has 4 nitrogen and oxygen atoms in total. The number of aliphatic hydroxyl groups excluding tert-OH is 1. The molecule has 0 fully saturated rings. The minimum Gasteiger partial charge on any atom is -0.391 e. The smallest absolute Gasteiger partial charge is 0.268 e. The maximum atomic E-state index is 12.0. The monoisotopic (exact) mass is 272 g/mol. The standard InChI is InChI=1S/C13H21ClN2O2/c1-8(2)12(17)6-15-13(18)11-5-10(14)7-16(11)9(3)4/h5,7-9,12,17H,6H2,1-4H3,(H,15,18). The van der Waals surface area contributed by atoms with E-state index in [1.807, 2.05) is 32.3 Å². The molecule has 0 radical (unpaired) electrons. The molecule has 1 rings (SSSR count). The first-order valence-electron chi connectivity index (χ1n) is 6.16. The van der Waals surface area contributed by atoms with Crippen molar-refractivity contribution in [3.8, 4) is 0 Å². The maximum Gasteiger partial charge on any atom is 0.268 e. The molecule has 0 bridgehead atoms. The predicted octanol–water partition coefficient (Wildman–Crippen LogP) is 2.47. The van der Waals surface area contributed by atoms with E-state index in [1.165, 1.54) is 0 Å². The second-order valence-corrected chi connectivity index (χ2v) is 5.50. The molecule has 0 spiro atoms. The van der Waals surface area contributed by atoms with Gasteiger partial charge in [0.05, 0.1) is 11.1 Å². The van der Waals surface area contributed by atoms with Gasteiger partial charge in [-0.3, -0.25) is 4.79 Å². The average Bonchev–Trinajstić information content (AvgIpc) is 2.67. The van der Waals surface area contributed by atoms with Gasteiger partial charge in [0, 0.05) is 18.8 Å².